The molecular weight excluding hydrogens is 302 g/mol. The lowest BCUT2D eigenvalue weighted by Gasteiger charge is -2.71. The van der Waals surface area contributed by atoms with Crippen molar-refractivity contribution < 1.29 is 40.1 Å². The third kappa shape index (κ3) is 1.28. The number of hydrogen-bond donors (Lipinski definition) is 8. The second-order valence-corrected chi connectivity index (χ2v) is 6.22. The van der Waals surface area contributed by atoms with Crippen molar-refractivity contribution in [3.63, 3.8) is 0 Å². The van der Waals surface area contributed by atoms with Gasteiger partial charge < -0.3 is 51.2 Å². The van der Waals surface area contributed by atoms with Gasteiger partial charge in [-0.2, -0.15) is 0 Å². The number of aliphatic hydroxyl groups is 6. The van der Waals surface area contributed by atoms with Crippen LogP contribution in [0.4, 0.5) is 0 Å². The van der Waals surface area contributed by atoms with E-state index in [1.165, 1.54) is 0 Å². The molecule has 0 aromatic carbocycles. The van der Waals surface area contributed by atoms with E-state index < -0.39 is 60.3 Å². The van der Waals surface area contributed by atoms with Gasteiger partial charge in [-0.05, 0) is 0 Å². The lowest BCUT2D eigenvalue weighted by molar-refractivity contribution is -0.548. The Labute approximate surface area is 123 Å². The molecule has 2 unspecified atom stereocenters. The van der Waals surface area contributed by atoms with E-state index in [2.05, 4.69) is 10.3 Å². The predicted octanol–water partition coefficient (Wildman–Crippen LogP) is -5.52. The molecule has 1 aliphatic carbocycles. The molecule has 0 aromatic rings. The van der Waals surface area contributed by atoms with Gasteiger partial charge in [0, 0.05) is 0 Å². The highest BCUT2D eigenvalue weighted by atomic mass is 16.9. The molecule has 11 nitrogen and oxygen atoms in total. The summed E-state index contributed by atoms with van der Waals surface area (Å²) in [6.07, 6.45) is -7.77. The van der Waals surface area contributed by atoms with Gasteiger partial charge >= 0.3 is 5.97 Å². The van der Waals surface area contributed by atoms with Crippen LogP contribution in [-0.4, -0.2) is 91.0 Å². The van der Waals surface area contributed by atoms with Crippen LogP contribution in [0.3, 0.4) is 0 Å². The van der Waals surface area contributed by atoms with Gasteiger partial charge in [-0.3, -0.25) is 0 Å². The van der Waals surface area contributed by atoms with Crippen LogP contribution in [-0.2, 0) is 9.47 Å². The molecule has 5 aliphatic rings. The minimum atomic E-state index is -2.52. The monoisotopic (exact) mass is 319 g/mol. The standard InChI is InChI=1S/C11H17N3O8/c12-8-13-6(17)2-4-9(19,1-15)5-3(16)10(2,14-8)7(18)11(20,21-4)22-5/h2-7,15-20H,1H2,(H3,12,13,14)/t2?,3?,4-,5-,6+,7-,9+,10+,11-/m0/s1. The van der Waals surface area contributed by atoms with E-state index in [0.29, 0.717) is 0 Å². The first-order valence-electron chi connectivity index (χ1n) is 6.77. The van der Waals surface area contributed by atoms with Crippen LogP contribution >= 0.6 is 0 Å². The topological polar surface area (TPSA) is 190 Å². The number of guanidine groups is 1. The van der Waals surface area contributed by atoms with Crippen molar-refractivity contribution >= 4 is 5.96 Å². The third-order valence-electron chi connectivity index (χ3n) is 5.22. The number of aliphatic imine (C=N–C) groups is 1. The zero-order valence-corrected chi connectivity index (χ0v) is 11.2. The quantitative estimate of drug-likeness (QED) is 0.231. The van der Waals surface area contributed by atoms with Crippen LogP contribution in [0, 0.1) is 5.92 Å². The first-order chi connectivity index (χ1) is 10.2. The second-order valence-electron chi connectivity index (χ2n) is 6.22. The largest absolute Gasteiger partial charge is 0.393 e. The summed E-state index contributed by atoms with van der Waals surface area (Å²) in [5.41, 5.74) is 1.74. The summed E-state index contributed by atoms with van der Waals surface area (Å²) in [6, 6.07) is 0. The molecule has 1 saturated carbocycles. The van der Waals surface area contributed by atoms with Crippen LogP contribution < -0.4 is 11.1 Å². The first kappa shape index (κ1) is 14.5. The van der Waals surface area contributed by atoms with Crippen LogP contribution in [0.15, 0.2) is 4.99 Å². The minimum absolute atomic E-state index is 0.250. The van der Waals surface area contributed by atoms with E-state index in [9.17, 15) is 30.6 Å². The Bertz CT molecular complexity index is 561. The molecule has 1 spiro atoms. The zero-order chi connectivity index (χ0) is 16.1. The van der Waals surface area contributed by atoms with Gasteiger partial charge in [0.05, 0.1) is 12.5 Å². The highest BCUT2D eigenvalue weighted by Crippen LogP contribution is 2.58. The van der Waals surface area contributed by atoms with Crippen LogP contribution in [0.2, 0.25) is 0 Å². The zero-order valence-electron chi connectivity index (χ0n) is 11.2. The summed E-state index contributed by atoms with van der Waals surface area (Å²) in [5.74, 6) is -3.95. The Hall–Kier alpha value is -1.05. The number of ether oxygens (including phenoxy) is 2. The SMILES string of the molecule is NC1=N[C@H](O)C2[C@@H]3O[C@]4(O)O[C@@H](C(O)[C@@]2(N1)[C@@H]4O)[C@@]3(O)CO. The molecule has 9 atom stereocenters. The molecular formula is C11H17N3O8. The van der Waals surface area contributed by atoms with Gasteiger partial charge in [0.25, 0.3) is 0 Å². The van der Waals surface area contributed by atoms with Gasteiger partial charge in [0.2, 0.25) is 0 Å². The molecule has 11 heteroatoms. The molecule has 0 radical (unpaired) electrons. The van der Waals surface area contributed by atoms with E-state index in [-0.39, 0.29) is 5.96 Å². The molecule has 4 bridgehead atoms. The summed E-state index contributed by atoms with van der Waals surface area (Å²) < 4.78 is 10.3. The van der Waals surface area contributed by atoms with Gasteiger partial charge in [0.15, 0.2) is 18.3 Å². The summed E-state index contributed by atoms with van der Waals surface area (Å²) in [7, 11) is 0. The fourth-order valence-electron chi connectivity index (χ4n) is 4.24. The predicted molar refractivity (Wildman–Crippen MR) is 65.7 cm³/mol. The Balaban J connectivity index is 1.95. The lowest BCUT2D eigenvalue weighted by Crippen LogP contribution is -2.95. The number of rotatable bonds is 1. The van der Waals surface area contributed by atoms with Gasteiger partial charge in [-0.15, -0.1) is 0 Å². The Morgan fingerprint density at radius 2 is 1.82 bits per heavy atom. The number of nitrogens with zero attached hydrogens (tertiary/aromatic N) is 1. The molecule has 4 heterocycles. The molecule has 4 fully saturated rings. The molecule has 0 aromatic heterocycles. The highest BCUT2D eigenvalue weighted by molar-refractivity contribution is 5.80. The van der Waals surface area contributed by atoms with E-state index in [1.807, 2.05) is 0 Å². The fraction of sp³-hybridized carbons (Fsp3) is 0.909. The van der Waals surface area contributed by atoms with Crippen molar-refractivity contribution in [2.24, 2.45) is 16.6 Å². The van der Waals surface area contributed by atoms with Crippen LogP contribution in [0.1, 0.15) is 0 Å². The van der Waals surface area contributed by atoms with Gasteiger partial charge in [-0.25, -0.2) is 4.99 Å². The third-order valence-corrected chi connectivity index (χ3v) is 5.22. The van der Waals surface area contributed by atoms with E-state index >= 15 is 0 Å². The van der Waals surface area contributed by atoms with Crippen molar-refractivity contribution in [2.45, 2.75) is 47.8 Å². The summed E-state index contributed by atoms with van der Waals surface area (Å²) in [6.45, 7) is -0.857. The maximum absolute atomic E-state index is 10.6. The lowest BCUT2D eigenvalue weighted by atomic mass is 9.55. The molecule has 3 saturated heterocycles. The van der Waals surface area contributed by atoms with Crippen LogP contribution in [0.25, 0.3) is 0 Å². The van der Waals surface area contributed by atoms with Crippen molar-refractivity contribution in [3.05, 3.63) is 0 Å². The Morgan fingerprint density at radius 1 is 1.18 bits per heavy atom. The van der Waals surface area contributed by atoms with Crippen molar-refractivity contribution in [1.82, 2.24) is 5.32 Å². The normalized spacial score (nSPS) is 62.4. The Kier molecular flexibility index (Phi) is 2.57. The maximum Gasteiger partial charge on any atom is 0.311 e. The summed E-state index contributed by atoms with van der Waals surface area (Å²) in [5, 5.41) is 64.3. The van der Waals surface area contributed by atoms with Crippen molar-refractivity contribution in [2.75, 3.05) is 6.61 Å². The molecule has 124 valence electrons. The highest BCUT2D eigenvalue weighted by Gasteiger charge is 2.82. The van der Waals surface area contributed by atoms with Crippen molar-refractivity contribution in [3.8, 4) is 0 Å². The molecule has 9 N–H and O–H groups in total. The number of hydrogen-bond acceptors (Lipinski definition) is 11. The maximum atomic E-state index is 10.6. The molecule has 22 heavy (non-hydrogen) atoms. The number of nitrogens with one attached hydrogen (secondary N) is 1. The molecule has 0 amide bonds. The smallest absolute Gasteiger partial charge is 0.311 e. The molecule has 5 rings (SSSR count). The average molecular weight is 319 g/mol. The summed E-state index contributed by atoms with van der Waals surface area (Å²) >= 11 is 0. The van der Waals surface area contributed by atoms with Crippen LogP contribution in [0.5, 0.6) is 0 Å². The number of nitrogens with two attached hydrogens (primary N) is 1. The second kappa shape index (κ2) is 3.88. The fourth-order valence-corrected chi connectivity index (χ4v) is 4.24. The average Bonchev–Trinajstić information content (AvgIpc) is 2.45. The Morgan fingerprint density at radius 3 is 2.45 bits per heavy atom. The van der Waals surface area contributed by atoms with E-state index in [0.717, 1.165) is 0 Å². The first-order valence-corrected chi connectivity index (χ1v) is 6.77. The number of aliphatic hydroxyl groups excluding tert-OH is 4. The van der Waals surface area contributed by atoms with Gasteiger partial charge in [-0.1, -0.05) is 0 Å². The van der Waals surface area contributed by atoms with E-state index in [1.54, 1.807) is 0 Å². The minimum Gasteiger partial charge on any atom is -0.393 e. The summed E-state index contributed by atoms with van der Waals surface area (Å²) in [4.78, 5) is 3.70. The molecule has 4 aliphatic heterocycles. The van der Waals surface area contributed by atoms with Gasteiger partial charge in [0.1, 0.15) is 29.5 Å². The van der Waals surface area contributed by atoms with E-state index in [4.69, 9.17) is 15.2 Å². The van der Waals surface area contributed by atoms with Crippen molar-refractivity contribution in [1.29, 1.82) is 0 Å².